The van der Waals surface area contributed by atoms with Crippen LogP contribution >= 0.6 is 11.6 Å². The summed E-state index contributed by atoms with van der Waals surface area (Å²) in [4.78, 5) is 14.2. The topological polar surface area (TPSA) is 57.7 Å². The Morgan fingerprint density at radius 2 is 1.83 bits per heavy atom. The van der Waals surface area contributed by atoms with Gasteiger partial charge >= 0.3 is 0 Å². The molecule has 0 saturated carbocycles. The van der Waals surface area contributed by atoms with E-state index in [2.05, 4.69) is 0 Å². The third kappa shape index (κ3) is 4.46. The summed E-state index contributed by atoms with van der Waals surface area (Å²) in [5.74, 6) is 0.124. The number of carbonyl (C=O) groups is 1. The van der Waals surface area contributed by atoms with Crippen LogP contribution in [0.2, 0.25) is 5.02 Å². The van der Waals surface area contributed by atoms with Crippen molar-refractivity contribution >= 4 is 27.5 Å². The Bertz CT molecular complexity index is 658. The Balaban J connectivity index is 2.11. The van der Waals surface area contributed by atoms with Crippen LogP contribution in [0.4, 0.5) is 0 Å². The Morgan fingerprint density at radius 3 is 2.39 bits per heavy atom. The van der Waals surface area contributed by atoms with Crippen LogP contribution in [0.15, 0.2) is 24.3 Å². The molecule has 2 rings (SSSR count). The lowest BCUT2D eigenvalue weighted by Gasteiger charge is -2.39. The van der Waals surface area contributed by atoms with E-state index in [-0.39, 0.29) is 11.7 Å². The standard InChI is InChI=1S/C16H23ClN2O3S/c1-12(2)10-18-8-9-19(13(3)16(18)20)23(21,22)11-14-4-6-15(17)7-5-14/h4-7,12-13H,8-11H2,1-3H3. The molecule has 1 heterocycles. The molecule has 0 bridgehead atoms. The maximum absolute atomic E-state index is 12.6. The smallest absolute Gasteiger partial charge is 0.240 e. The van der Waals surface area contributed by atoms with Gasteiger partial charge < -0.3 is 4.90 Å². The first kappa shape index (κ1) is 18.2. The van der Waals surface area contributed by atoms with E-state index in [0.29, 0.717) is 36.1 Å². The third-order valence-electron chi connectivity index (χ3n) is 3.90. The molecule has 7 heteroatoms. The largest absolute Gasteiger partial charge is 0.340 e. The maximum Gasteiger partial charge on any atom is 0.240 e. The van der Waals surface area contributed by atoms with Gasteiger partial charge in [0.15, 0.2) is 0 Å². The molecule has 1 aromatic rings. The van der Waals surface area contributed by atoms with Crippen LogP contribution in [0, 0.1) is 5.92 Å². The van der Waals surface area contributed by atoms with Crippen molar-refractivity contribution in [3.8, 4) is 0 Å². The number of sulfonamides is 1. The fourth-order valence-electron chi connectivity index (χ4n) is 2.79. The van der Waals surface area contributed by atoms with Crippen LogP contribution in [0.3, 0.4) is 0 Å². The van der Waals surface area contributed by atoms with E-state index in [0.717, 1.165) is 0 Å². The van der Waals surface area contributed by atoms with Crippen molar-refractivity contribution in [1.82, 2.24) is 9.21 Å². The second-order valence-electron chi connectivity index (χ2n) is 6.35. The number of nitrogens with zero attached hydrogens (tertiary/aromatic N) is 2. The Kier molecular flexibility index (Phi) is 5.70. The monoisotopic (exact) mass is 358 g/mol. The maximum atomic E-state index is 12.6. The lowest BCUT2D eigenvalue weighted by Crippen LogP contribution is -2.58. The molecule has 1 saturated heterocycles. The number of hydrogen-bond acceptors (Lipinski definition) is 3. The molecule has 128 valence electrons. The second-order valence-corrected chi connectivity index (χ2v) is 8.71. The minimum Gasteiger partial charge on any atom is -0.340 e. The molecule has 1 amide bonds. The number of halogens is 1. The number of carbonyl (C=O) groups excluding carboxylic acids is 1. The molecule has 1 aliphatic heterocycles. The molecule has 0 aromatic heterocycles. The second kappa shape index (κ2) is 7.20. The van der Waals surface area contributed by atoms with Crippen LogP contribution in [0.5, 0.6) is 0 Å². The average Bonchev–Trinajstić information content (AvgIpc) is 2.45. The zero-order chi connectivity index (χ0) is 17.2. The zero-order valence-corrected chi connectivity index (χ0v) is 15.3. The van der Waals surface area contributed by atoms with E-state index in [4.69, 9.17) is 11.6 Å². The van der Waals surface area contributed by atoms with Crippen molar-refractivity contribution in [3.63, 3.8) is 0 Å². The molecule has 1 aliphatic rings. The summed E-state index contributed by atoms with van der Waals surface area (Å²) < 4.78 is 26.6. The summed E-state index contributed by atoms with van der Waals surface area (Å²) in [6.07, 6.45) is 0. The molecule has 0 N–H and O–H groups in total. The van der Waals surface area contributed by atoms with E-state index in [9.17, 15) is 13.2 Å². The van der Waals surface area contributed by atoms with Gasteiger partial charge in [-0.15, -0.1) is 0 Å². The summed E-state index contributed by atoms with van der Waals surface area (Å²) in [7, 11) is -3.54. The van der Waals surface area contributed by atoms with Crippen molar-refractivity contribution in [3.05, 3.63) is 34.9 Å². The molecule has 1 unspecified atom stereocenters. The SMILES string of the molecule is CC(C)CN1CCN(S(=O)(=O)Cc2ccc(Cl)cc2)C(C)C1=O. The zero-order valence-electron chi connectivity index (χ0n) is 13.7. The van der Waals surface area contributed by atoms with Gasteiger partial charge in [0.1, 0.15) is 6.04 Å². The summed E-state index contributed by atoms with van der Waals surface area (Å²) in [6.45, 7) is 7.20. The van der Waals surface area contributed by atoms with E-state index >= 15 is 0 Å². The molecule has 1 atom stereocenters. The number of rotatable bonds is 5. The molecular weight excluding hydrogens is 336 g/mol. The van der Waals surface area contributed by atoms with E-state index < -0.39 is 16.1 Å². The molecule has 0 radical (unpaired) electrons. The highest BCUT2D eigenvalue weighted by Gasteiger charge is 2.38. The van der Waals surface area contributed by atoms with Crippen LogP contribution in [0.25, 0.3) is 0 Å². The number of amides is 1. The van der Waals surface area contributed by atoms with Gasteiger partial charge in [0.2, 0.25) is 15.9 Å². The first-order valence-corrected chi connectivity index (χ1v) is 9.72. The lowest BCUT2D eigenvalue weighted by atomic mass is 10.1. The van der Waals surface area contributed by atoms with Gasteiger partial charge in [-0.3, -0.25) is 4.79 Å². The minimum absolute atomic E-state index is 0.119. The van der Waals surface area contributed by atoms with Crippen molar-refractivity contribution in [2.45, 2.75) is 32.6 Å². The highest BCUT2D eigenvalue weighted by Crippen LogP contribution is 2.20. The molecular formula is C16H23ClN2O3S. The van der Waals surface area contributed by atoms with Crippen LogP contribution in [-0.4, -0.2) is 49.2 Å². The van der Waals surface area contributed by atoms with Gasteiger partial charge in [-0.25, -0.2) is 8.42 Å². The molecule has 0 spiro atoms. The quantitative estimate of drug-likeness (QED) is 0.811. The van der Waals surface area contributed by atoms with Gasteiger partial charge in [0.05, 0.1) is 5.75 Å². The van der Waals surface area contributed by atoms with Crippen molar-refractivity contribution in [1.29, 1.82) is 0 Å². The van der Waals surface area contributed by atoms with Gasteiger partial charge in [0, 0.05) is 24.7 Å². The van der Waals surface area contributed by atoms with Crippen LogP contribution < -0.4 is 0 Å². The van der Waals surface area contributed by atoms with E-state index in [1.807, 2.05) is 13.8 Å². The summed E-state index contributed by atoms with van der Waals surface area (Å²) in [5, 5.41) is 0.567. The van der Waals surface area contributed by atoms with Gasteiger partial charge in [-0.2, -0.15) is 4.31 Å². The van der Waals surface area contributed by atoms with Crippen molar-refractivity contribution in [2.24, 2.45) is 5.92 Å². The Morgan fingerprint density at radius 1 is 1.22 bits per heavy atom. The summed E-state index contributed by atoms with van der Waals surface area (Å²) in [5.41, 5.74) is 0.665. The predicted molar refractivity (Wildman–Crippen MR) is 91.7 cm³/mol. The highest BCUT2D eigenvalue weighted by molar-refractivity contribution is 7.88. The van der Waals surface area contributed by atoms with Crippen molar-refractivity contribution < 1.29 is 13.2 Å². The first-order chi connectivity index (χ1) is 10.7. The average molecular weight is 359 g/mol. The molecule has 0 aliphatic carbocycles. The number of piperazine rings is 1. The van der Waals surface area contributed by atoms with E-state index in [1.165, 1.54) is 4.31 Å². The van der Waals surface area contributed by atoms with Gasteiger partial charge in [0.25, 0.3) is 0 Å². The Labute approximate surface area is 143 Å². The lowest BCUT2D eigenvalue weighted by molar-refractivity contribution is -0.138. The fourth-order valence-corrected chi connectivity index (χ4v) is 4.62. The number of hydrogen-bond donors (Lipinski definition) is 0. The van der Waals surface area contributed by atoms with E-state index in [1.54, 1.807) is 36.1 Å². The fraction of sp³-hybridized carbons (Fsp3) is 0.562. The predicted octanol–water partition coefficient (Wildman–Crippen LogP) is 2.36. The first-order valence-electron chi connectivity index (χ1n) is 7.73. The Hall–Kier alpha value is -1.11. The minimum atomic E-state index is -3.54. The van der Waals surface area contributed by atoms with Crippen molar-refractivity contribution in [2.75, 3.05) is 19.6 Å². The normalized spacial score (nSPS) is 20.3. The van der Waals surface area contributed by atoms with Gasteiger partial charge in [-0.05, 0) is 30.5 Å². The summed E-state index contributed by atoms with van der Waals surface area (Å²) >= 11 is 5.82. The van der Waals surface area contributed by atoms with Crippen LogP contribution in [-0.2, 0) is 20.6 Å². The summed E-state index contributed by atoms with van der Waals surface area (Å²) in [6, 6.07) is 6.08. The highest BCUT2D eigenvalue weighted by atomic mass is 35.5. The molecule has 23 heavy (non-hydrogen) atoms. The van der Waals surface area contributed by atoms with Crippen LogP contribution in [0.1, 0.15) is 26.3 Å². The number of benzene rings is 1. The molecule has 1 fully saturated rings. The van der Waals surface area contributed by atoms with Gasteiger partial charge in [-0.1, -0.05) is 37.6 Å². The molecule has 5 nitrogen and oxygen atoms in total. The molecule has 1 aromatic carbocycles. The third-order valence-corrected chi connectivity index (χ3v) is 6.06.